The van der Waals surface area contributed by atoms with Gasteiger partial charge in [-0.1, -0.05) is 73.2 Å². The van der Waals surface area contributed by atoms with Crippen LogP contribution in [0, 0.1) is 5.92 Å². The zero-order valence-corrected chi connectivity index (χ0v) is 26.4. The molecule has 0 bridgehead atoms. The molecule has 7 rings (SSSR count). The second-order valence-electron chi connectivity index (χ2n) is 13.4. The maximum absolute atomic E-state index is 13.3. The van der Waals surface area contributed by atoms with E-state index >= 15 is 0 Å². The Hall–Kier alpha value is -3.68. The number of likely N-dealkylation sites (N-methyl/N-ethyl adjacent to an activating group) is 1. The zero-order chi connectivity index (χ0) is 30.8. The third-order valence-electron chi connectivity index (χ3n) is 10.5. The van der Waals surface area contributed by atoms with E-state index in [0.717, 1.165) is 57.7 Å². The van der Waals surface area contributed by atoms with Crippen LogP contribution in [0.4, 0.5) is 0 Å². The minimum atomic E-state index is -0.625. The SMILES string of the molecule is CN(CCN1CCCCC1)C(=O)C1CCC2(CC1)OC(=O)c1cc(OC3CN(C(c4ccccc4)c4ccccc4)C3)ccc12. The monoisotopic (exact) mass is 607 g/mol. The van der Waals surface area contributed by atoms with Crippen LogP contribution >= 0.6 is 0 Å². The number of hydrogen-bond acceptors (Lipinski definition) is 6. The van der Waals surface area contributed by atoms with Crippen molar-refractivity contribution in [2.75, 3.05) is 46.3 Å². The molecule has 3 aromatic rings. The lowest BCUT2D eigenvalue weighted by molar-refractivity contribution is -0.137. The predicted octanol–water partition coefficient (Wildman–Crippen LogP) is 6.04. The van der Waals surface area contributed by atoms with E-state index in [1.165, 1.54) is 30.4 Å². The number of likely N-dealkylation sites (tertiary alicyclic amines) is 2. The van der Waals surface area contributed by atoms with E-state index in [1.54, 1.807) is 0 Å². The summed E-state index contributed by atoms with van der Waals surface area (Å²) in [6, 6.07) is 27.3. The van der Waals surface area contributed by atoms with E-state index in [4.69, 9.17) is 9.47 Å². The first kappa shape index (κ1) is 30.0. The molecule has 0 radical (unpaired) electrons. The summed E-state index contributed by atoms with van der Waals surface area (Å²) in [7, 11) is 1.94. The molecule has 1 saturated carbocycles. The van der Waals surface area contributed by atoms with Gasteiger partial charge in [0.15, 0.2) is 0 Å². The van der Waals surface area contributed by atoms with Crippen molar-refractivity contribution < 1.29 is 19.1 Å². The van der Waals surface area contributed by atoms with Crippen molar-refractivity contribution in [1.29, 1.82) is 0 Å². The molecule has 236 valence electrons. The molecule has 0 aromatic heterocycles. The molecule has 0 atom stereocenters. The van der Waals surface area contributed by atoms with Crippen LogP contribution in [-0.4, -0.2) is 79.0 Å². The van der Waals surface area contributed by atoms with Crippen LogP contribution in [0.1, 0.15) is 78.0 Å². The van der Waals surface area contributed by atoms with Gasteiger partial charge in [-0.3, -0.25) is 9.69 Å². The molecule has 3 aliphatic heterocycles. The van der Waals surface area contributed by atoms with Gasteiger partial charge < -0.3 is 19.3 Å². The summed E-state index contributed by atoms with van der Waals surface area (Å²) in [5.41, 5.74) is 3.48. The first-order valence-corrected chi connectivity index (χ1v) is 16.8. The molecule has 0 N–H and O–H groups in total. The van der Waals surface area contributed by atoms with Crippen LogP contribution in [0.25, 0.3) is 0 Å². The number of nitrogens with zero attached hydrogens (tertiary/aromatic N) is 3. The molecule has 1 spiro atoms. The number of carbonyl (C=O) groups is 2. The number of esters is 1. The van der Waals surface area contributed by atoms with E-state index in [1.807, 2.05) is 30.1 Å². The average molecular weight is 608 g/mol. The summed E-state index contributed by atoms with van der Waals surface area (Å²) < 4.78 is 12.5. The molecule has 3 aromatic carbocycles. The Morgan fingerprint density at radius 2 is 1.58 bits per heavy atom. The molecule has 7 nitrogen and oxygen atoms in total. The summed E-state index contributed by atoms with van der Waals surface area (Å²) in [6.07, 6.45) is 6.73. The molecule has 0 unspecified atom stereocenters. The number of carbonyl (C=O) groups excluding carboxylic acids is 2. The standard InChI is InChI=1S/C38H45N3O4/c1-39(23-24-40-21-9-4-10-22-40)36(42)30-17-19-38(20-18-30)34-16-15-31(25-33(34)37(43)45-38)44-32-26-41(27-32)35(28-11-5-2-6-12-28)29-13-7-3-8-14-29/h2-3,5-8,11-16,25,30,32,35H,4,9-10,17-24,26-27H2,1H3. The van der Waals surface area contributed by atoms with Gasteiger partial charge in [-0.25, -0.2) is 4.79 Å². The van der Waals surface area contributed by atoms with Crippen LogP contribution < -0.4 is 4.74 Å². The van der Waals surface area contributed by atoms with Gasteiger partial charge in [-0.05, 0) is 74.9 Å². The Bertz CT molecular complexity index is 1440. The van der Waals surface area contributed by atoms with Gasteiger partial charge in [0.1, 0.15) is 17.5 Å². The molecule has 7 heteroatoms. The van der Waals surface area contributed by atoms with Crippen LogP contribution in [0.5, 0.6) is 5.75 Å². The fourth-order valence-electron chi connectivity index (χ4n) is 7.88. The second kappa shape index (κ2) is 13.0. The van der Waals surface area contributed by atoms with Crippen LogP contribution in [-0.2, 0) is 15.1 Å². The third kappa shape index (κ3) is 6.25. The number of rotatable bonds is 9. The third-order valence-corrected chi connectivity index (χ3v) is 10.5. The maximum Gasteiger partial charge on any atom is 0.339 e. The highest BCUT2D eigenvalue weighted by atomic mass is 16.6. The first-order chi connectivity index (χ1) is 22.0. The summed E-state index contributed by atoms with van der Waals surface area (Å²) in [5, 5.41) is 0. The maximum atomic E-state index is 13.3. The number of fused-ring (bicyclic) bond motifs is 2. The highest BCUT2D eigenvalue weighted by Crippen LogP contribution is 2.49. The first-order valence-electron chi connectivity index (χ1n) is 16.8. The Morgan fingerprint density at radius 1 is 0.933 bits per heavy atom. The minimum Gasteiger partial charge on any atom is -0.488 e. The molecule has 1 aliphatic carbocycles. The highest BCUT2D eigenvalue weighted by Gasteiger charge is 2.49. The summed E-state index contributed by atoms with van der Waals surface area (Å²) in [6.45, 7) is 5.64. The Kier molecular flexibility index (Phi) is 8.65. The predicted molar refractivity (Wildman–Crippen MR) is 174 cm³/mol. The van der Waals surface area contributed by atoms with Gasteiger partial charge in [0.2, 0.25) is 5.91 Å². The minimum absolute atomic E-state index is 0.00972. The van der Waals surface area contributed by atoms with Gasteiger partial charge in [0.05, 0.1) is 11.6 Å². The topological polar surface area (TPSA) is 62.3 Å². The molecule has 3 fully saturated rings. The van der Waals surface area contributed by atoms with Gasteiger partial charge in [0, 0.05) is 44.7 Å². The van der Waals surface area contributed by atoms with E-state index in [2.05, 4.69) is 70.5 Å². The van der Waals surface area contributed by atoms with Crippen molar-refractivity contribution >= 4 is 11.9 Å². The van der Waals surface area contributed by atoms with E-state index in [0.29, 0.717) is 24.2 Å². The zero-order valence-electron chi connectivity index (χ0n) is 26.4. The van der Waals surface area contributed by atoms with Crippen molar-refractivity contribution in [3.05, 3.63) is 101 Å². The second-order valence-corrected chi connectivity index (χ2v) is 13.4. The van der Waals surface area contributed by atoms with Crippen molar-refractivity contribution in [1.82, 2.24) is 14.7 Å². The van der Waals surface area contributed by atoms with Crippen molar-refractivity contribution in [3.63, 3.8) is 0 Å². The quantitative estimate of drug-likeness (QED) is 0.277. The number of ether oxygens (including phenoxy) is 2. The smallest absolute Gasteiger partial charge is 0.339 e. The molecule has 2 saturated heterocycles. The molecule has 1 amide bonds. The Morgan fingerprint density at radius 3 is 2.22 bits per heavy atom. The lowest BCUT2D eigenvalue weighted by Crippen LogP contribution is -2.55. The molecular formula is C38H45N3O4. The molecule has 45 heavy (non-hydrogen) atoms. The summed E-state index contributed by atoms with van der Waals surface area (Å²) >= 11 is 0. The van der Waals surface area contributed by atoms with Gasteiger partial charge in [-0.2, -0.15) is 0 Å². The Labute approximate surface area is 267 Å². The van der Waals surface area contributed by atoms with E-state index < -0.39 is 5.60 Å². The number of piperidine rings is 1. The summed E-state index contributed by atoms with van der Waals surface area (Å²) in [5.74, 6) is 0.654. The fourth-order valence-corrected chi connectivity index (χ4v) is 7.88. The number of amides is 1. The van der Waals surface area contributed by atoms with Crippen molar-refractivity contribution in [3.8, 4) is 5.75 Å². The fraction of sp³-hybridized carbons (Fsp3) is 0.474. The number of benzene rings is 3. The highest BCUT2D eigenvalue weighted by molar-refractivity contribution is 5.95. The average Bonchev–Trinajstić information content (AvgIpc) is 3.33. The van der Waals surface area contributed by atoms with Gasteiger partial charge >= 0.3 is 5.97 Å². The molecule has 3 heterocycles. The van der Waals surface area contributed by atoms with Gasteiger partial charge in [0.25, 0.3) is 0 Å². The largest absolute Gasteiger partial charge is 0.488 e. The molecular weight excluding hydrogens is 562 g/mol. The van der Waals surface area contributed by atoms with Crippen LogP contribution in [0.15, 0.2) is 78.9 Å². The lowest BCUT2D eigenvalue weighted by Gasteiger charge is -2.44. The van der Waals surface area contributed by atoms with E-state index in [-0.39, 0.29) is 29.9 Å². The van der Waals surface area contributed by atoms with Crippen LogP contribution in [0.3, 0.4) is 0 Å². The van der Waals surface area contributed by atoms with E-state index in [9.17, 15) is 9.59 Å². The van der Waals surface area contributed by atoms with Gasteiger partial charge in [-0.15, -0.1) is 0 Å². The molecule has 4 aliphatic rings. The Balaban J connectivity index is 0.951. The summed E-state index contributed by atoms with van der Waals surface area (Å²) in [4.78, 5) is 33.2. The number of hydrogen-bond donors (Lipinski definition) is 0. The van der Waals surface area contributed by atoms with Crippen molar-refractivity contribution in [2.45, 2.75) is 62.7 Å². The van der Waals surface area contributed by atoms with Crippen molar-refractivity contribution in [2.24, 2.45) is 5.92 Å². The normalized spacial score (nSPS) is 23.9. The lowest BCUT2D eigenvalue weighted by atomic mass is 9.74. The van der Waals surface area contributed by atoms with Crippen LogP contribution in [0.2, 0.25) is 0 Å².